The Morgan fingerprint density at radius 2 is 1.76 bits per heavy atom. The predicted molar refractivity (Wildman–Crippen MR) is 81.0 cm³/mol. The number of rotatable bonds is 4. The zero-order valence-corrected chi connectivity index (χ0v) is 12.6. The fraction of sp³-hybridized carbons (Fsp3) is 0.200. The lowest BCUT2D eigenvalue weighted by Gasteiger charge is -2.19. The van der Waals surface area contributed by atoms with Gasteiger partial charge in [0.05, 0.1) is 11.6 Å². The third kappa shape index (κ3) is 4.22. The van der Waals surface area contributed by atoms with E-state index < -0.39 is 11.7 Å². The van der Waals surface area contributed by atoms with Crippen LogP contribution in [-0.2, 0) is 6.18 Å². The Labute approximate surface area is 129 Å². The molecule has 0 bridgehead atoms. The Hall–Kier alpha value is -1.53. The molecule has 0 saturated heterocycles. The summed E-state index contributed by atoms with van der Waals surface area (Å²) in [4.78, 5) is 0. The third-order valence-corrected chi connectivity index (χ3v) is 3.53. The zero-order valence-electron chi connectivity index (χ0n) is 11.0. The first-order chi connectivity index (χ1) is 9.90. The van der Waals surface area contributed by atoms with Crippen molar-refractivity contribution in [1.29, 1.82) is 0 Å². The second-order valence-corrected chi connectivity index (χ2v) is 5.48. The van der Waals surface area contributed by atoms with Crippen LogP contribution in [0.4, 0.5) is 18.9 Å². The van der Waals surface area contributed by atoms with Crippen LogP contribution in [0.15, 0.2) is 53.0 Å². The van der Waals surface area contributed by atoms with Crippen LogP contribution in [0.1, 0.15) is 17.2 Å². The summed E-state index contributed by atoms with van der Waals surface area (Å²) in [6.07, 6.45) is -4.32. The largest absolute Gasteiger partial charge is 0.416 e. The van der Waals surface area contributed by atoms with Crippen molar-refractivity contribution in [2.24, 2.45) is 5.73 Å². The molecule has 2 rings (SSSR count). The lowest BCUT2D eigenvalue weighted by atomic mass is 10.0. The van der Waals surface area contributed by atoms with Gasteiger partial charge in [-0.25, -0.2) is 0 Å². The SMILES string of the molecule is NCC(Nc1cccc(Br)c1)c1ccc(C(F)(F)F)cc1. The molecule has 21 heavy (non-hydrogen) atoms. The minimum atomic E-state index is -4.32. The van der Waals surface area contributed by atoms with Crippen LogP contribution in [0.3, 0.4) is 0 Å². The van der Waals surface area contributed by atoms with Gasteiger partial charge in [0.15, 0.2) is 0 Å². The van der Waals surface area contributed by atoms with Gasteiger partial charge in [0.1, 0.15) is 0 Å². The zero-order chi connectivity index (χ0) is 15.5. The molecule has 0 aliphatic heterocycles. The van der Waals surface area contributed by atoms with Gasteiger partial charge >= 0.3 is 6.18 Å². The van der Waals surface area contributed by atoms with Gasteiger partial charge in [-0.2, -0.15) is 13.2 Å². The van der Waals surface area contributed by atoms with Crippen molar-refractivity contribution in [1.82, 2.24) is 0 Å². The number of halogens is 4. The lowest BCUT2D eigenvalue weighted by molar-refractivity contribution is -0.137. The van der Waals surface area contributed by atoms with Crippen LogP contribution in [0.5, 0.6) is 0 Å². The number of benzene rings is 2. The van der Waals surface area contributed by atoms with Crippen molar-refractivity contribution in [3.8, 4) is 0 Å². The molecule has 112 valence electrons. The third-order valence-electron chi connectivity index (χ3n) is 3.04. The predicted octanol–water partition coefficient (Wildman–Crippen LogP) is 4.58. The van der Waals surface area contributed by atoms with Gasteiger partial charge < -0.3 is 11.1 Å². The van der Waals surface area contributed by atoms with E-state index in [2.05, 4.69) is 21.2 Å². The molecule has 0 radical (unpaired) electrons. The molecule has 0 aromatic heterocycles. The maximum atomic E-state index is 12.5. The molecule has 1 atom stereocenters. The van der Waals surface area contributed by atoms with E-state index in [1.807, 2.05) is 24.3 Å². The van der Waals surface area contributed by atoms with Gasteiger partial charge in [-0.3, -0.25) is 0 Å². The summed E-state index contributed by atoms with van der Waals surface area (Å²) in [6, 6.07) is 12.3. The van der Waals surface area contributed by atoms with E-state index in [0.717, 1.165) is 22.3 Å². The lowest BCUT2D eigenvalue weighted by Crippen LogP contribution is -2.20. The first kappa shape index (κ1) is 15.9. The number of anilines is 1. The Morgan fingerprint density at radius 3 is 2.29 bits per heavy atom. The molecule has 2 aromatic rings. The van der Waals surface area contributed by atoms with E-state index in [4.69, 9.17) is 5.73 Å². The Morgan fingerprint density at radius 1 is 1.10 bits per heavy atom. The second kappa shape index (κ2) is 6.49. The van der Waals surface area contributed by atoms with E-state index in [1.54, 1.807) is 0 Å². The molecule has 0 spiro atoms. The molecular formula is C15H14BrF3N2. The molecular weight excluding hydrogens is 345 g/mol. The highest BCUT2D eigenvalue weighted by molar-refractivity contribution is 9.10. The molecule has 0 heterocycles. The maximum Gasteiger partial charge on any atom is 0.416 e. The number of nitrogens with one attached hydrogen (secondary N) is 1. The molecule has 2 aromatic carbocycles. The molecule has 0 fully saturated rings. The number of alkyl halides is 3. The quantitative estimate of drug-likeness (QED) is 0.839. The van der Waals surface area contributed by atoms with Crippen LogP contribution < -0.4 is 11.1 Å². The summed E-state index contributed by atoms with van der Waals surface area (Å²) < 4.78 is 38.6. The van der Waals surface area contributed by atoms with Crippen molar-refractivity contribution in [3.63, 3.8) is 0 Å². The smallest absolute Gasteiger partial charge is 0.377 e. The van der Waals surface area contributed by atoms with Gasteiger partial charge in [-0.1, -0.05) is 34.1 Å². The van der Waals surface area contributed by atoms with Crippen LogP contribution in [0.25, 0.3) is 0 Å². The number of hydrogen-bond donors (Lipinski definition) is 2. The maximum absolute atomic E-state index is 12.5. The summed E-state index contributed by atoms with van der Waals surface area (Å²) in [5.74, 6) is 0. The summed E-state index contributed by atoms with van der Waals surface area (Å²) >= 11 is 3.37. The van der Waals surface area contributed by atoms with Crippen molar-refractivity contribution in [2.75, 3.05) is 11.9 Å². The van der Waals surface area contributed by atoms with E-state index in [9.17, 15) is 13.2 Å². The standard InChI is InChI=1S/C15H14BrF3N2/c16-12-2-1-3-13(8-12)21-14(9-20)10-4-6-11(7-5-10)15(17,18)19/h1-8,14,21H,9,20H2. The van der Waals surface area contributed by atoms with Crippen LogP contribution in [0.2, 0.25) is 0 Å². The monoisotopic (exact) mass is 358 g/mol. The Kier molecular flexibility index (Phi) is 4.90. The minimum absolute atomic E-state index is 0.249. The van der Waals surface area contributed by atoms with Crippen LogP contribution in [0, 0.1) is 0 Å². The van der Waals surface area contributed by atoms with Crippen LogP contribution >= 0.6 is 15.9 Å². The molecule has 0 amide bonds. The average molecular weight is 359 g/mol. The van der Waals surface area contributed by atoms with E-state index in [-0.39, 0.29) is 12.6 Å². The Balaban J connectivity index is 2.18. The van der Waals surface area contributed by atoms with Gasteiger partial charge in [-0.05, 0) is 35.9 Å². The molecule has 2 nitrogen and oxygen atoms in total. The summed E-state index contributed by atoms with van der Waals surface area (Å²) in [5.41, 5.74) is 6.62. The van der Waals surface area contributed by atoms with E-state index in [1.165, 1.54) is 12.1 Å². The summed E-state index contributed by atoms with van der Waals surface area (Å²) in [7, 11) is 0. The van der Waals surface area contributed by atoms with Crippen molar-refractivity contribution >= 4 is 21.6 Å². The van der Waals surface area contributed by atoms with Gasteiger partial charge in [-0.15, -0.1) is 0 Å². The fourth-order valence-corrected chi connectivity index (χ4v) is 2.36. The second-order valence-electron chi connectivity index (χ2n) is 4.56. The number of nitrogens with two attached hydrogens (primary N) is 1. The average Bonchev–Trinajstić information content (AvgIpc) is 2.44. The molecule has 6 heteroatoms. The van der Waals surface area contributed by atoms with Crippen molar-refractivity contribution in [3.05, 3.63) is 64.1 Å². The van der Waals surface area contributed by atoms with E-state index >= 15 is 0 Å². The fourth-order valence-electron chi connectivity index (χ4n) is 1.96. The highest BCUT2D eigenvalue weighted by Gasteiger charge is 2.30. The number of hydrogen-bond acceptors (Lipinski definition) is 2. The van der Waals surface area contributed by atoms with E-state index in [0.29, 0.717) is 5.56 Å². The highest BCUT2D eigenvalue weighted by atomic mass is 79.9. The minimum Gasteiger partial charge on any atom is -0.377 e. The molecule has 0 aliphatic rings. The molecule has 3 N–H and O–H groups in total. The molecule has 1 unspecified atom stereocenters. The highest BCUT2D eigenvalue weighted by Crippen LogP contribution is 2.30. The first-order valence-electron chi connectivity index (χ1n) is 6.29. The molecule has 0 aliphatic carbocycles. The first-order valence-corrected chi connectivity index (χ1v) is 7.09. The van der Waals surface area contributed by atoms with Crippen molar-refractivity contribution < 1.29 is 13.2 Å². The molecule has 0 saturated carbocycles. The topological polar surface area (TPSA) is 38.0 Å². The summed E-state index contributed by atoms with van der Waals surface area (Å²) in [5, 5.41) is 3.21. The van der Waals surface area contributed by atoms with Crippen LogP contribution in [-0.4, -0.2) is 6.54 Å². The van der Waals surface area contributed by atoms with Crippen molar-refractivity contribution in [2.45, 2.75) is 12.2 Å². The van der Waals surface area contributed by atoms with Gasteiger partial charge in [0.2, 0.25) is 0 Å². The van der Waals surface area contributed by atoms with Gasteiger partial charge in [0.25, 0.3) is 0 Å². The van der Waals surface area contributed by atoms with Gasteiger partial charge in [0, 0.05) is 16.7 Å². The summed E-state index contributed by atoms with van der Waals surface area (Å²) in [6.45, 7) is 0.276. The Bertz CT molecular complexity index is 597. The normalized spacial score (nSPS) is 13.0.